The van der Waals surface area contributed by atoms with Crippen molar-refractivity contribution in [3.05, 3.63) is 47.5 Å². The lowest BCUT2D eigenvalue weighted by molar-refractivity contribution is 0.616. The van der Waals surface area contributed by atoms with Crippen molar-refractivity contribution in [3.8, 4) is 0 Å². The Morgan fingerprint density at radius 3 is 2.69 bits per heavy atom. The summed E-state index contributed by atoms with van der Waals surface area (Å²) in [6.07, 6.45) is 1.78. The lowest BCUT2D eigenvalue weighted by Crippen LogP contribution is -2.33. The van der Waals surface area contributed by atoms with Crippen LogP contribution in [0, 0.1) is 0 Å². The van der Waals surface area contributed by atoms with E-state index in [2.05, 4.69) is 29.4 Å². The van der Waals surface area contributed by atoms with Gasteiger partial charge in [-0.2, -0.15) is 0 Å². The van der Waals surface area contributed by atoms with Crippen LogP contribution in [-0.2, 0) is 5.54 Å². The van der Waals surface area contributed by atoms with Crippen LogP contribution in [0.15, 0.2) is 41.9 Å². The lowest BCUT2D eigenvalue weighted by Gasteiger charge is -2.28. The van der Waals surface area contributed by atoms with Gasteiger partial charge < -0.3 is 5.32 Å². The molecule has 0 saturated carbocycles. The molecule has 1 aromatic heterocycles. The Balaban J connectivity index is 2.26. The van der Waals surface area contributed by atoms with Gasteiger partial charge in [0.1, 0.15) is 0 Å². The van der Waals surface area contributed by atoms with E-state index in [1.807, 2.05) is 23.6 Å². The van der Waals surface area contributed by atoms with E-state index in [1.165, 1.54) is 5.56 Å². The molecule has 0 radical (unpaired) electrons. The van der Waals surface area contributed by atoms with Crippen LogP contribution in [0.2, 0.25) is 0 Å². The van der Waals surface area contributed by atoms with E-state index in [-0.39, 0.29) is 5.54 Å². The van der Waals surface area contributed by atoms with Crippen LogP contribution >= 0.6 is 22.9 Å². The van der Waals surface area contributed by atoms with Crippen LogP contribution in [-0.4, -0.2) is 10.9 Å². The summed E-state index contributed by atoms with van der Waals surface area (Å²) >= 11 is 7.65. The molecule has 16 heavy (non-hydrogen) atoms. The van der Waals surface area contributed by atoms with Crippen molar-refractivity contribution < 1.29 is 0 Å². The molecule has 0 spiro atoms. The first kappa shape index (κ1) is 11.4. The van der Waals surface area contributed by atoms with Crippen LogP contribution in [0.1, 0.15) is 12.5 Å². The minimum Gasteiger partial charge on any atom is -0.351 e. The third-order valence-corrected chi connectivity index (χ3v) is 3.72. The largest absolute Gasteiger partial charge is 0.351 e. The molecule has 1 unspecified atom stereocenters. The zero-order chi connectivity index (χ0) is 11.4. The summed E-state index contributed by atoms with van der Waals surface area (Å²) in [5.41, 5.74) is 0.890. The second-order valence-corrected chi connectivity index (χ2v) is 4.96. The van der Waals surface area contributed by atoms with Crippen molar-refractivity contribution in [2.75, 3.05) is 11.2 Å². The highest BCUT2D eigenvalue weighted by molar-refractivity contribution is 7.13. The molecule has 1 aromatic carbocycles. The average molecular weight is 253 g/mol. The van der Waals surface area contributed by atoms with Gasteiger partial charge in [-0.3, -0.25) is 0 Å². The van der Waals surface area contributed by atoms with Gasteiger partial charge in [-0.25, -0.2) is 4.98 Å². The predicted molar refractivity (Wildman–Crippen MR) is 70.3 cm³/mol. The van der Waals surface area contributed by atoms with Crippen molar-refractivity contribution in [1.29, 1.82) is 0 Å². The predicted octanol–water partition coefficient (Wildman–Crippen LogP) is 3.71. The van der Waals surface area contributed by atoms with Crippen molar-refractivity contribution in [2.45, 2.75) is 12.5 Å². The maximum absolute atomic E-state index is 6.07. The standard InChI is InChI=1S/C12H13ClN2S/c1-12(9-13,10-5-3-2-4-6-10)15-11-14-7-8-16-11/h2-8H,9H2,1H3,(H,14,15). The highest BCUT2D eigenvalue weighted by Crippen LogP contribution is 2.28. The number of thiazole rings is 1. The van der Waals surface area contributed by atoms with E-state index < -0.39 is 0 Å². The minimum absolute atomic E-state index is 0.277. The number of nitrogens with zero attached hydrogens (tertiary/aromatic N) is 1. The van der Waals surface area contributed by atoms with E-state index in [1.54, 1.807) is 17.5 Å². The van der Waals surface area contributed by atoms with Crippen molar-refractivity contribution in [3.63, 3.8) is 0 Å². The summed E-state index contributed by atoms with van der Waals surface area (Å²) in [7, 11) is 0. The van der Waals surface area contributed by atoms with Crippen LogP contribution in [0.5, 0.6) is 0 Å². The van der Waals surface area contributed by atoms with E-state index >= 15 is 0 Å². The fraction of sp³-hybridized carbons (Fsp3) is 0.250. The van der Waals surface area contributed by atoms with Crippen LogP contribution < -0.4 is 5.32 Å². The monoisotopic (exact) mass is 252 g/mol. The Morgan fingerprint density at radius 2 is 2.12 bits per heavy atom. The molecule has 0 aliphatic heterocycles. The second-order valence-electron chi connectivity index (χ2n) is 3.79. The Hall–Kier alpha value is -1.06. The molecule has 2 rings (SSSR count). The molecule has 0 saturated heterocycles. The highest BCUT2D eigenvalue weighted by atomic mass is 35.5. The van der Waals surface area contributed by atoms with Gasteiger partial charge in [-0.15, -0.1) is 22.9 Å². The highest BCUT2D eigenvalue weighted by Gasteiger charge is 2.25. The van der Waals surface area contributed by atoms with Gasteiger partial charge in [0, 0.05) is 17.5 Å². The number of nitrogens with one attached hydrogen (secondary N) is 1. The van der Waals surface area contributed by atoms with Gasteiger partial charge in [0.2, 0.25) is 0 Å². The Bertz CT molecular complexity index is 430. The summed E-state index contributed by atoms with van der Waals surface area (Å²) in [5.74, 6) is 0.497. The summed E-state index contributed by atoms with van der Waals surface area (Å²) in [5, 5.41) is 6.22. The van der Waals surface area contributed by atoms with Crippen LogP contribution in [0.25, 0.3) is 0 Å². The molecule has 0 aliphatic rings. The van der Waals surface area contributed by atoms with Gasteiger partial charge in [0.05, 0.1) is 5.54 Å². The first-order chi connectivity index (χ1) is 7.74. The quantitative estimate of drug-likeness (QED) is 0.840. The normalized spacial score (nSPS) is 14.4. The zero-order valence-electron chi connectivity index (χ0n) is 8.98. The zero-order valence-corrected chi connectivity index (χ0v) is 10.6. The number of halogens is 1. The Labute approximate surface area is 104 Å². The van der Waals surface area contributed by atoms with Crippen molar-refractivity contribution in [2.24, 2.45) is 0 Å². The second kappa shape index (κ2) is 4.85. The Kier molecular flexibility index (Phi) is 3.46. The first-order valence-corrected chi connectivity index (χ1v) is 6.45. The summed E-state index contributed by atoms with van der Waals surface area (Å²) in [6, 6.07) is 10.2. The molecule has 0 bridgehead atoms. The fourth-order valence-electron chi connectivity index (χ4n) is 1.51. The topological polar surface area (TPSA) is 24.9 Å². The number of anilines is 1. The molecular weight excluding hydrogens is 240 g/mol. The molecule has 0 fully saturated rings. The van der Waals surface area contributed by atoms with Gasteiger partial charge in [-0.05, 0) is 12.5 Å². The summed E-state index contributed by atoms with van der Waals surface area (Å²) in [6.45, 7) is 2.08. The Morgan fingerprint density at radius 1 is 1.38 bits per heavy atom. The third-order valence-electron chi connectivity index (χ3n) is 2.49. The van der Waals surface area contributed by atoms with Crippen LogP contribution in [0.4, 0.5) is 5.13 Å². The van der Waals surface area contributed by atoms with Crippen molar-refractivity contribution >= 4 is 28.1 Å². The molecule has 2 nitrogen and oxygen atoms in total. The van der Waals surface area contributed by atoms with Gasteiger partial charge in [-0.1, -0.05) is 30.3 Å². The van der Waals surface area contributed by atoms with Gasteiger partial charge >= 0.3 is 0 Å². The number of alkyl halides is 1. The lowest BCUT2D eigenvalue weighted by atomic mass is 9.94. The molecule has 2 aromatic rings. The van der Waals surface area contributed by atoms with E-state index in [0.29, 0.717) is 5.88 Å². The molecule has 0 amide bonds. The van der Waals surface area contributed by atoms with E-state index in [4.69, 9.17) is 11.6 Å². The fourth-order valence-corrected chi connectivity index (χ4v) is 2.39. The number of hydrogen-bond donors (Lipinski definition) is 1. The molecule has 1 N–H and O–H groups in total. The molecule has 4 heteroatoms. The summed E-state index contributed by atoms with van der Waals surface area (Å²) in [4.78, 5) is 4.22. The van der Waals surface area contributed by atoms with E-state index in [0.717, 1.165) is 5.13 Å². The third kappa shape index (κ3) is 2.36. The number of aromatic nitrogens is 1. The van der Waals surface area contributed by atoms with Gasteiger partial charge in [0.25, 0.3) is 0 Å². The van der Waals surface area contributed by atoms with Crippen molar-refractivity contribution in [1.82, 2.24) is 4.98 Å². The number of hydrogen-bond acceptors (Lipinski definition) is 3. The number of rotatable bonds is 4. The molecular formula is C12H13ClN2S. The minimum atomic E-state index is -0.277. The maximum atomic E-state index is 6.07. The van der Waals surface area contributed by atoms with Crippen LogP contribution in [0.3, 0.4) is 0 Å². The average Bonchev–Trinajstić information content (AvgIpc) is 2.83. The summed E-state index contributed by atoms with van der Waals surface area (Å²) < 4.78 is 0. The van der Waals surface area contributed by atoms with Gasteiger partial charge in [0.15, 0.2) is 5.13 Å². The molecule has 1 heterocycles. The van der Waals surface area contributed by atoms with E-state index in [9.17, 15) is 0 Å². The smallest absolute Gasteiger partial charge is 0.183 e. The SMILES string of the molecule is CC(CCl)(Nc1nccs1)c1ccccc1. The molecule has 1 atom stereocenters. The number of benzene rings is 1. The molecule has 84 valence electrons. The molecule has 0 aliphatic carbocycles. The first-order valence-electron chi connectivity index (χ1n) is 5.04. The maximum Gasteiger partial charge on any atom is 0.183 e.